The van der Waals surface area contributed by atoms with Crippen LogP contribution in [-0.2, 0) is 14.3 Å². The lowest BCUT2D eigenvalue weighted by Crippen LogP contribution is -2.37. The Morgan fingerprint density at radius 3 is 2.81 bits per heavy atom. The van der Waals surface area contributed by atoms with Gasteiger partial charge < -0.3 is 25.2 Å². The molecule has 1 aromatic heterocycles. The second-order valence-electron chi connectivity index (χ2n) is 7.89. The van der Waals surface area contributed by atoms with Gasteiger partial charge in [-0.15, -0.1) is 0 Å². The normalized spacial score (nSPS) is 18.7. The first kappa shape index (κ1) is 22.5. The molecule has 0 aliphatic carbocycles. The van der Waals surface area contributed by atoms with Crippen molar-refractivity contribution in [2.75, 3.05) is 61.1 Å². The Bertz CT molecular complexity index is 982. The van der Waals surface area contributed by atoms with Crippen LogP contribution in [0.4, 0.5) is 17.5 Å². The molecular formula is C22H27BrN6O3. The van der Waals surface area contributed by atoms with Crippen molar-refractivity contribution in [3.63, 3.8) is 0 Å². The molecule has 170 valence electrons. The van der Waals surface area contributed by atoms with E-state index in [1.807, 2.05) is 37.3 Å². The fraction of sp³-hybridized carbons (Fsp3) is 0.455. The van der Waals surface area contributed by atoms with Crippen LogP contribution in [0.5, 0.6) is 0 Å². The largest absolute Gasteiger partial charge is 0.378 e. The SMILES string of the molecule is Cc1cc(N2CCOCC2)nc(NCCNC(=O)C2CC(=O)N(c3cccc(Br)c3)C2)n1. The highest BCUT2D eigenvalue weighted by atomic mass is 79.9. The zero-order chi connectivity index (χ0) is 22.5. The number of rotatable bonds is 7. The lowest BCUT2D eigenvalue weighted by molar-refractivity contribution is -0.126. The fourth-order valence-corrected chi connectivity index (χ4v) is 4.25. The summed E-state index contributed by atoms with van der Waals surface area (Å²) in [4.78, 5) is 37.9. The Labute approximate surface area is 195 Å². The molecule has 1 atom stereocenters. The predicted molar refractivity (Wildman–Crippen MR) is 126 cm³/mol. The molecule has 0 bridgehead atoms. The third kappa shape index (κ3) is 5.55. The first-order valence-electron chi connectivity index (χ1n) is 10.8. The van der Waals surface area contributed by atoms with Gasteiger partial charge in [-0.3, -0.25) is 9.59 Å². The van der Waals surface area contributed by atoms with Gasteiger partial charge in [0.1, 0.15) is 5.82 Å². The van der Waals surface area contributed by atoms with E-state index in [1.54, 1.807) is 4.90 Å². The van der Waals surface area contributed by atoms with Crippen LogP contribution in [0.2, 0.25) is 0 Å². The molecule has 32 heavy (non-hydrogen) atoms. The van der Waals surface area contributed by atoms with E-state index in [4.69, 9.17) is 4.74 Å². The zero-order valence-electron chi connectivity index (χ0n) is 18.0. The molecule has 0 spiro atoms. The van der Waals surface area contributed by atoms with Crippen LogP contribution in [0.1, 0.15) is 12.1 Å². The van der Waals surface area contributed by atoms with Crippen molar-refractivity contribution in [3.8, 4) is 0 Å². The lowest BCUT2D eigenvalue weighted by Gasteiger charge is -2.28. The Morgan fingerprint density at radius 2 is 2.03 bits per heavy atom. The van der Waals surface area contributed by atoms with E-state index in [9.17, 15) is 9.59 Å². The monoisotopic (exact) mass is 502 g/mol. The van der Waals surface area contributed by atoms with Gasteiger partial charge in [-0.05, 0) is 25.1 Å². The molecule has 2 aromatic rings. The first-order chi connectivity index (χ1) is 15.5. The molecule has 4 rings (SSSR count). The molecule has 3 heterocycles. The molecule has 0 saturated carbocycles. The Kier molecular flexibility index (Phi) is 7.21. The van der Waals surface area contributed by atoms with E-state index >= 15 is 0 Å². The number of hydrogen-bond acceptors (Lipinski definition) is 7. The summed E-state index contributed by atoms with van der Waals surface area (Å²) in [6.07, 6.45) is 0.218. The fourth-order valence-electron chi connectivity index (χ4n) is 3.87. The smallest absolute Gasteiger partial charge is 0.227 e. The van der Waals surface area contributed by atoms with E-state index in [2.05, 4.69) is 41.4 Å². The van der Waals surface area contributed by atoms with Crippen LogP contribution in [0.15, 0.2) is 34.8 Å². The molecule has 2 aliphatic heterocycles. The van der Waals surface area contributed by atoms with Crippen molar-refractivity contribution in [2.24, 2.45) is 5.92 Å². The van der Waals surface area contributed by atoms with Gasteiger partial charge in [-0.1, -0.05) is 22.0 Å². The topological polar surface area (TPSA) is 99.7 Å². The van der Waals surface area contributed by atoms with E-state index in [1.165, 1.54) is 0 Å². The molecular weight excluding hydrogens is 476 g/mol. The molecule has 2 saturated heterocycles. The number of anilines is 3. The highest BCUT2D eigenvalue weighted by Gasteiger charge is 2.35. The highest BCUT2D eigenvalue weighted by Crippen LogP contribution is 2.27. The summed E-state index contributed by atoms with van der Waals surface area (Å²) in [6, 6.07) is 9.51. The summed E-state index contributed by atoms with van der Waals surface area (Å²) >= 11 is 3.42. The van der Waals surface area contributed by atoms with Crippen LogP contribution >= 0.6 is 15.9 Å². The Morgan fingerprint density at radius 1 is 1.22 bits per heavy atom. The summed E-state index contributed by atoms with van der Waals surface area (Å²) in [5.74, 6) is 0.911. The summed E-state index contributed by atoms with van der Waals surface area (Å²) in [7, 11) is 0. The van der Waals surface area contributed by atoms with Gasteiger partial charge >= 0.3 is 0 Å². The maximum Gasteiger partial charge on any atom is 0.227 e. The highest BCUT2D eigenvalue weighted by molar-refractivity contribution is 9.10. The van der Waals surface area contributed by atoms with Crippen molar-refractivity contribution >= 4 is 45.2 Å². The van der Waals surface area contributed by atoms with Gasteiger partial charge in [-0.2, -0.15) is 4.98 Å². The number of aromatic nitrogens is 2. The number of morpholine rings is 1. The molecule has 2 N–H and O–H groups in total. The minimum absolute atomic E-state index is 0.0369. The van der Waals surface area contributed by atoms with E-state index in [0.717, 1.165) is 34.8 Å². The molecule has 2 amide bonds. The maximum absolute atomic E-state index is 12.6. The van der Waals surface area contributed by atoms with Crippen LogP contribution < -0.4 is 20.4 Å². The van der Waals surface area contributed by atoms with Crippen LogP contribution in [-0.4, -0.2) is 67.7 Å². The second kappa shape index (κ2) is 10.3. The number of benzene rings is 1. The molecule has 10 heteroatoms. The molecule has 0 radical (unpaired) electrons. The van der Waals surface area contributed by atoms with Crippen molar-refractivity contribution in [2.45, 2.75) is 13.3 Å². The first-order valence-corrected chi connectivity index (χ1v) is 11.5. The second-order valence-corrected chi connectivity index (χ2v) is 8.81. The van der Waals surface area contributed by atoms with E-state index < -0.39 is 0 Å². The average molecular weight is 503 g/mol. The minimum atomic E-state index is -0.357. The Hall–Kier alpha value is -2.72. The van der Waals surface area contributed by atoms with Gasteiger partial charge in [0.05, 0.1) is 19.1 Å². The molecule has 1 aromatic carbocycles. The number of carbonyl (C=O) groups excluding carboxylic acids is 2. The standard InChI is InChI=1S/C22H27BrN6O3/c1-15-11-19(28-7-9-32-10-8-28)27-22(26-15)25-6-5-24-21(31)16-12-20(30)29(14-16)18-4-2-3-17(23)13-18/h2-4,11,13,16H,5-10,12,14H2,1H3,(H,24,31)(H,25,26,27). The van der Waals surface area contributed by atoms with Gasteiger partial charge in [0.25, 0.3) is 0 Å². The molecule has 2 fully saturated rings. The number of aryl methyl sites for hydroxylation is 1. The van der Waals surface area contributed by atoms with Gasteiger partial charge in [0.2, 0.25) is 17.8 Å². The molecule has 1 unspecified atom stereocenters. The number of amides is 2. The van der Waals surface area contributed by atoms with Crippen molar-refractivity contribution < 1.29 is 14.3 Å². The zero-order valence-corrected chi connectivity index (χ0v) is 19.6. The van der Waals surface area contributed by atoms with E-state index in [-0.39, 0.29) is 24.2 Å². The van der Waals surface area contributed by atoms with Crippen LogP contribution in [0, 0.1) is 12.8 Å². The van der Waals surface area contributed by atoms with Crippen molar-refractivity contribution in [1.82, 2.24) is 15.3 Å². The van der Waals surface area contributed by atoms with Gasteiger partial charge in [0.15, 0.2) is 0 Å². The number of carbonyl (C=O) groups is 2. The van der Waals surface area contributed by atoms with Gasteiger partial charge in [0, 0.05) is 61.1 Å². The summed E-state index contributed by atoms with van der Waals surface area (Å²) in [5.41, 5.74) is 1.68. The maximum atomic E-state index is 12.6. The molecule has 9 nitrogen and oxygen atoms in total. The lowest BCUT2D eigenvalue weighted by atomic mass is 10.1. The van der Waals surface area contributed by atoms with Crippen LogP contribution in [0.25, 0.3) is 0 Å². The summed E-state index contributed by atoms with van der Waals surface area (Å²) in [5, 5.41) is 6.10. The average Bonchev–Trinajstić information content (AvgIpc) is 3.18. The van der Waals surface area contributed by atoms with Crippen LogP contribution in [0.3, 0.4) is 0 Å². The Balaban J connectivity index is 1.26. The van der Waals surface area contributed by atoms with Crippen molar-refractivity contribution in [3.05, 3.63) is 40.5 Å². The predicted octanol–water partition coefficient (Wildman–Crippen LogP) is 1.97. The quantitative estimate of drug-likeness (QED) is 0.558. The summed E-state index contributed by atoms with van der Waals surface area (Å²) in [6.45, 7) is 6.25. The number of nitrogens with zero attached hydrogens (tertiary/aromatic N) is 4. The molecule has 2 aliphatic rings. The number of nitrogens with one attached hydrogen (secondary N) is 2. The number of hydrogen-bond donors (Lipinski definition) is 2. The number of ether oxygens (including phenoxy) is 1. The minimum Gasteiger partial charge on any atom is -0.378 e. The van der Waals surface area contributed by atoms with Gasteiger partial charge in [-0.25, -0.2) is 4.98 Å². The van der Waals surface area contributed by atoms with E-state index in [0.29, 0.717) is 38.8 Å². The third-order valence-electron chi connectivity index (χ3n) is 5.50. The van der Waals surface area contributed by atoms with Crippen molar-refractivity contribution in [1.29, 1.82) is 0 Å². The third-order valence-corrected chi connectivity index (χ3v) is 5.99. The number of halogens is 1. The summed E-state index contributed by atoms with van der Waals surface area (Å²) < 4.78 is 6.30.